The van der Waals surface area contributed by atoms with Crippen LogP contribution in [0.15, 0.2) is 29.4 Å². The highest BCUT2D eigenvalue weighted by molar-refractivity contribution is 7.92. The van der Waals surface area contributed by atoms with Gasteiger partial charge in [-0.15, -0.1) is 0 Å². The first-order valence-corrected chi connectivity index (χ1v) is 47.4. The van der Waals surface area contributed by atoms with Crippen LogP contribution in [0.5, 0.6) is 0 Å². The number of carbonyl (C=O) groups excluding carboxylic acids is 5. The molecule has 0 aliphatic heterocycles. The standard InChI is InChI=1S/C28H44F3N3O10S2.C22H32F3N3O8S2.C19H29F3N4O5S2/c29-23-24(30)28(26(25(31)27(23)46(32,39)40)34-21-7-4-2-1-3-5-8-21)45(37,38)20-9-22(36)33-10-13-42-15-17-44-19-18-43-16-14-41-12-6-11-35;23-17-18(24)22(37(31,32)14-9-16(30)28-36-13-12-35-11-6-10-29)20(19(25)21(17)38(26,33)34)27-15-7-4-2-1-3-5-8-15;20-14-15(21)19(32(28,29)11-8-13(27)25-10-9-23)17(16(22)18(14)33(24,30)31)26-12-6-4-2-1-3-5-7-12/h11,21,34H,1-10,12-20H2,(H,33,36)(H2,32,39,40);10,15,27H,1-9,11-14H2,(H,28,30)(H2,26,33,34);12,26H,1-11,23H2,(H,25,27)(H2,24,30,31). The number of primary sulfonamides is 3. The minimum absolute atomic E-state index is 0.0151. The van der Waals surface area contributed by atoms with Crippen LogP contribution >= 0.6 is 0 Å². The van der Waals surface area contributed by atoms with Crippen LogP contribution in [0.3, 0.4) is 0 Å². The number of nitrogens with one attached hydrogen (secondary N) is 6. The maximum absolute atomic E-state index is 15.5. The van der Waals surface area contributed by atoms with Crippen molar-refractivity contribution >= 4 is 107 Å². The maximum Gasteiger partial charge on any atom is 0.244 e. The first-order valence-electron chi connectivity index (χ1n) is 37.8. The fraction of sp³-hybridized carbons (Fsp3) is 0.667. The van der Waals surface area contributed by atoms with E-state index in [1.54, 1.807) is 0 Å². The lowest BCUT2D eigenvalue weighted by molar-refractivity contribution is -0.134. The van der Waals surface area contributed by atoms with Crippen molar-refractivity contribution < 1.29 is 143 Å². The molecule has 3 aliphatic carbocycles. The fourth-order valence-electron chi connectivity index (χ4n) is 12.3. The zero-order valence-electron chi connectivity index (χ0n) is 64.3. The molecule has 3 aromatic carbocycles. The molecule has 0 radical (unpaired) electrons. The summed E-state index contributed by atoms with van der Waals surface area (Å²) in [6.07, 6.45) is 15.3. The Bertz CT molecular complexity index is 4470. The van der Waals surface area contributed by atoms with Crippen LogP contribution in [0.4, 0.5) is 56.6 Å². The molecule has 3 aliphatic rings. The molecule has 0 heterocycles. The summed E-state index contributed by atoms with van der Waals surface area (Å²) in [4.78, 5) is 51.7. The highest BCUT2D eigenvalue weighted by atomic mass is 32.2. The van der Waals surface area contributed by atoms with Gasteiger partial charge < -0.3 is 65.6 Å². The van der Waals surface area contributed by atoms with Crippen LogP contribution in [0.25, 0.3) is 0 Å². The zero-order valence-corrected chi connectivity index (χ0v) is 69.2. The second-order valence-corrected chi connectivity index (χ2v) is 37.8. The van der Waals surface area contributed by atoms with Crippen LogP contribution in [-0.2, 0) is 112 Å². The smallest absolute Gasteiger partial charge is 0.244 e. The van der Waals surface area contributed by atoms with Crippen molar-refractivity contribution in [1.82, 2.24) is 16.1 Å². The van der Waals surface area contributed by atoms with Crippen LogP contribution in [0, 0.1) is 52.4 Å². The Morgan fingerprint density at radius 1 is 0.333 bits per heavy atom. The van der Waals surface area contributed by atoms with E-state index in [9.17, 15) is 92.0 Å². The van der Waals surface area contributed by atoms with E-state index < -0.39 is 231 Å². The number of ether oxygens (including phenoxy) is 5. The highest BCUT2D eigenvalue weighted by Gasteiger charge is 2.41. The number of hydrogen-bond donors (Lipinski definition) is 10. The fourth-order valence-corrected chi connectivity index (χ4v) is 18.8. The third kappa shape index (κ3) is 34.5. The normalized spacial score (nSPS) is 15.4. The van der Waals surface area contributed by atoms with Gasteiger partial charge in [0.2, 0.25) is 47.8 Å². The van der Waals surface area contributed by atoms with E-state index in [1.807, 2.05) is 5.48 Å². The predicted octanol–water partition coefficient (Wildman–Crippen LogP) is 5.82. The molecule has 6 rings (SSSR count). The number of anilines is 3. The molecule has 0 bridgehead atoms. The number of rotatable bonds is 45. The first kappa shape index (κ1) is 103. The topological polar surface area (TPSA) is 522 Å². The number of nitrogens with two attached hydrogens (primary N) is 4. The molecular weight excluding hydrogens is 1700 g/mol. The Balaban J connectivity index is 0.000000374. The quantitative estimate of drug-likeness (QED) is 0.0105. The summed E-state index contributed by atoms with van der Waals surface area (Å²) in [5.74, 6) is -24.0. The van der Waals surface area contributed by atoms with Crippen molar-refractivity contribution in [3.63, 3.8) is 0 Å². The predicted molar refractivity (Wildman–Crippen MR) is 407 cm³/mol. The molecule has 3 saturated carbocycles. The van der Waals surface area contributed by atoms with Crippen molar-refractivity contribution in [3.05, 3.63) is 52.4 Å². The number of hydroxylamine groups is 1. The number of halogens is 9. The minimum Gasteiger partial charge on any atom is -0.379 e. The summed E-state index contributed by atoms with van der Waals surface area (Å²) in [6, 6.07) is -1.57. The summed E-state index contributed by atoms with van der Waals surface area (Å²) in [5, 5.41) is 27.2. The average Bonchev–Trinajstić information content (AvgIpc) is 0.758. The zero-order chi connectivity index (χ0) is 87.2. The number of benzene rings is 3. The molecule has 33 nitrogen and oxygen atoms in total. The van der Waals surface area contributed by atoms with Gasteiger partial charge in [-0.25, -0.2) is 111 Å². The second kappa shape index (κ2) is 51.3. The van der Waals surface area contributed by atoms with E-state index in [1.165, 1.54) is 0 Å². The minimum atomic E-state index is -5.11. The molecule has 0 spiro atoms. The van der Waals surface area contributed by atoms with Gasteiger partial charge >= 0.3 is 0 Å². The molecular formula is C69H105F9N10O23S6. The molecule has 14 N–H and O–H groups in total. The molecule has 3 fully saturated rings. The average molecular weight is 1810 g/mol. The van der Waals surface area contributed by atoms with Gasteiger partial charge in [0.1, 0.15) is 27.3 Å². The maximum atomic E-state index is 15.5. The van der Waals surface area contributed by atoms with Crippen LogP contribution in [0.2, 0.25) is 0 Å². The summed E-state index contributed by atoms with van der Waals surface area (Å²) in [5.41, 5.74) is 4.15. The van der Waals surface area contributed by atoms with E-state index >= 15 is 22.0 Å². The van der Waals surface area contributed by atoms with Crippen molar-refractivity contribution in [3.8, 4) is 0 Å². The lowest BCUT2D eigenvalue weighted by Crippen LogP contribution is -2.31. The Morgan fingerprint density at radius 3 is 0.863 bits per heavy atom. The summed E-state index contributed by atoms with van der Waals surface area (Å²) >= 11 is 0. The van der Waals surface area contributed by atoms with Crippen LogP contribution in [-0.4, -0.2) is 208 Å². The number of carbonyl (C=O) groups is 5. The SMILES string of the molecule is NCCNC(=O)CCS(=O)(=O)c1c(F)c(F)c(S(N)(=O)=O)c(F)c1NC1CCCCCCC1.NS(=O)(=O)c1c(F)c(F)c(S(=O)(=O)CCC(=O)NCCOCCOCCOCCOCCC=O)c(NC2CCCCCCC2)c1F.NS(=O)(=O)c1c(F)c(F)c(S(=O)(=O)CCC(=O)NOCCOCCC=O)c(NC2CCCCCCC2)c1F. The molecule has 117 heavy (non-hydrogen) atoms. The van der Waals surface area contributed by atoms with Gasteiger partial charge in [-0.2, -0.15) is 0 Å². The Hall–Kier alpha value is -6.52. The van der Waals surface area contributed by atoms with Crippen molar-refractivity contribution in [2.45, 2.75) is 214 Å². The number of aldehydes is 2. The van der Waals surface area contributed by atoms with Crippen LogP contribution < -0.4 is 53.2 Å². The lowest BCUT2D eigenvalue weighted by atomic mass is 9.96. The molecule has 0 aromatic heterocycles. The third-order valence-electron chi connectivity index (χ3n) is 18.1. The van der Waals surface area contributed by atoms with Crippen molar-refractivity contribution in [1.29, 1.82) is 0 Å². The molecule has 0 unspecified atom stereocenters. The molecule has 3 aromatic rings. The van der Waals surface area contributed by atoms with Gasteiger partial charge in [-0.1, -0.05) is 96.3 Å². The van der Waals surface area contributed by atoms with E-state index in [0.717, 1.165) is 76.9 Å². The van der Waals surface area contributed by atoms with Crippen molar-refractivity contribution in [2.24, 2.45) is 21.2 Å². The molecule has 668 valence electrons. The van der Waals surface area contributed by atoms with Gasteiger partial charge in [0, 0.05) is 69.9 Å². The van der Waals surface area contributed by atoms with E-state index in [2.05, 4.69) is 26.6 Å². The van der Waals surface area contributed by atoms with Gasteiger partial charge in [-0.3, -0.25) is 19.2 Å². The van der Waals surface area contributed by atoms with E-state index in [0.29, 0.717) is 110 Å². The number of amides is 3. The van der Waals surface area contributed by atoms with E-state index in [4.69, 9.17) is 49.7 Å². The number of sulfonamides is 3. The first-order chi connectivity index (χ1) is 55.2. The van der Waals surface area contributed by atoms with Gasteiger partial charge in [0.05, 0.1) is 107 Å². The summed E-state index contributed by atoms with van der Waals surface area (Å²) < 4.78 is 310. The Morgan fingerprint density at radius 2 is 0.581 bits per heavy atom. The highest BCUT2D eigenvalue weighted by Crippen LogP contribution is 2.41. The van der Waals surface area contributed by atoms with Crippen LogP contribution in [0.1, 0.15) is 167 Å². The summed E-state index contributed by atoms with van der Waals surface area (Å²) in [6.45, 7) is 2.55. The Labute approximate surface area is 675 Å². The monoisotopic (exact) mass is 1800 g/mol. The van der Waals surface area contributed by atoms with Crippen molar-refractivity contribution in [2.75, 3.05) is 126 Å². The van der Waals surface area contributed by atoms with Gasteiger partial charge in [-0.05, 0) is 38.5 Å². The number of hydrogen-bond acceptors (Lipinski definition) is 27. The lowest BCUT2D eigenvalue weighted by Gasteiger charge is -2.25. The van der Waals surface area contributed by atoms with E-state index in [-0.39, 0.29) is 65.7 Å². The Kier molecular flexibility index (Phi) is 45.1. The third-order valence-corrected chi connectivity index (χ3v) is 26.1. The molecule has 48 heteroatoms. The molecule has 0 saturated heterocycles. The van der Waals surface area contributed by atoms with Gasteiger partial charge in [0.15, 0.2) is 96.6 Å². The largest absolute Gasteiger partial charge is 0.379 e. The summed E-state index contributed by atoms with van der Waals surface area (Å²) in [7, 11) is -29.7. The van der Waals surface area contributed by atoms with Gasteiger partial charge in [0.25, 0.3) is 0 Å². The molecule has 3 amide bonds. The molecule has 0 atom stereocenters. The second-order valence-electron chi connectivity index (χ2n) is 27.2. The number of sulfone groups is 3.